The van der Waals surface area contributed by atoms with Crippen LogP contribution >= 0.6 is 11.3 Å². The Labute approximate surface area is 156 Å². The zero-order chi connectivity index (χ0) is 18.5. The zero-order valence-electron chi connectivity index (χ0n) is 14.9. The predicted octanol–water partition coefficient (Wildman–Crippen LogP) is 4.00. The van der Waals surface area contributed by atoms with Crippen LogP contribution in [-0.2, 0) is 0 Å². The van der Waals surface area contributed by atoms with E-state index in [0.717, 1.165) is 16.2 Å². The first kappa shape index (κ1) is 18.0. The lowest BCUT2D eigenvalue weighted by atomic mass is 10.1. The quantitative estimate of drug-likeness (QED) is 0.679. The molecule has 0 bridgehead atoms. The van der Waals surface area contributed by atoms with E-state index in [-0.39, 0.29) is 11.7 Å². The maximum atomic E-state index is 9.35. The topological polar surface area (TPSA) is 74.3 Å². The maximum absolute atomic E-state index is 9.35. The summed E-state index contributed by atoms with van der Waals surface area (Å²) >= 11 is 1.52. The number of aromatic nitrogens is 1. The van der Waals surface area contributed by atoms with Gasteiger partial charge in [-0.25, -0.2) is 0 Å². The average molecular weight is 368 g/mol. The van der Waals surface area contributed by atoms with Crippen LogP contribution < -0.4 is 10.1 Å². The van der Waals surface area contributed by atoms with Crippen molar-refractivity contribution in [3.8, 4) is 22.6 Å². The van der Waals surface area contributed by atoms with Crippen molar-refractivity contribution in [2.75, 3.05) is 33.1 Å². The van der Waals surface area contributed by atoms with Crippen molar-refractivity contribution in [2.24, 2.45) is 0 Å². The molecule has 1 aromatic carbocycles. The van der Waals surface area contributed by atoms with Gasteiger partial charge in [-0.3, -0.25) is 0 Å². The second kappa shape index (κ2) is 8.04. The van der Waals surface area contributed by atoms with E-state index in [1.807, 2.05) is 55.9 Å². The third-order valence-corrected chi connectivity index (χ3v) is 4.90. The summed E-state index contributed by atoms with van der Waals surface area (Å²) in [7, 11) is 5.68. The fourth-order valence-electron chi connectivity index (χ4n) is 2.64. The molecule has 0 fully saturated rings. The molecule has 0 saturated carbocycles. The molecule has 6 nitrogen and oxygen atoms in total. The summed E-state index contributed by atoms with van der Waals surface area (Å²) in [5.41, 5.74) is 1.40. The van der Waals surface area contributed by atoms with Crippen LogP contribution in [0.4, 0.5) is 5.88 Å². The van der Waals surface area contributed by atoms with Gasteiger partial charge in [0.05, 0.1) is 18.0 Å². The molecule has 1 N–H and O–H groups in total. The minimum absolute atomic E-state index is 0.0998. The van der Waals surface area contributed by atoms with Crippen molar-refractivity contribution in [3.63, 3.8) is 0 Å². The lowest BCUT2D eigenvalue weighted by Gasteiger charge is -2.25. The van der Waals surface area contributed by atoms with Crippen molar-refractivity contribution >= 4 is 17.2 Å². The van der Waals surface area contributed by atoms with Crippen LogP contribution in [0.15, 0.2) is 46.2 Å². The lowest BCUT2D eigenvalue weighted by molar-refractivity contribution is 0.310. The molecule has 3 rings (SSSR count). The third kappa shape index (κ3) is 3.87. The second-order valence-electron chi connectivity index (χ2n) is 5.92. The molecule has 3 aromatic rings. The molecule has 0 saturated heterocycles. The van der Waals surface area contributed by atoms with E-state index in [2.05, 4.69) is 21.3 Å². The highest BCUT2D eigenvalue weighted by Gasteiger charge is 2.19. The number of nitriles is 1. The third-order valence-electron chi connectivity index (χ3n) is 4.04. The average Bonchev–Trinajstić information content (AvgIpc) is 3.31. The molecular weight excluding hydrogens is 348 g/mol. The number of hydrogen-bond acceptors (Lipinski definition) is 7. The van der Waals surface area contributed by atoms with Crippen LogP contribution in [0.1, 0.15) is 17.3 Å². The first-order chi connectivity index (χ1) is 12.6. The number of methoxy groups -OCH3 is 1. The summed E-state index contributed by atoms with van der Waals surface area (Å²) in [4.78, 5) is 7.29. The normalized spacial score (nSPS) is 12.0. The molecule has 0 aliphatic rings. The monoisotopic (exact) mass is 368 g/mol. The van der Waals surface area contributed by atoms with Crippen molar-refractivity contribution < 1.29 is 9.15 Å². The maximum Gasteiger partial charge on any atom is 0.240 e. The van der Waals surface area contributed by atoms with Gasteiger partial charge in [0.25, 0.3) is 0 Å². The molecule has 0 aliphatic heterocycles. The first-order valence-electron chi connectivity index (χ1n) is 8.11. The smallest absolute Gasteiger partial charge is 0.240 e. The van der Waals surface area contributed by atoms with Crippen molar-refractivity contribution in [2.45, 2.75) is 6.04 Å². The van der Waals surface area contributed by atoms with Crippen molar-refractivity contribution in [1.82, 2.24) is 9.88 Å². The zero-order valence-corrected chi connectivity index (χ0v) is 15.7. The molecule has 0 unspecified atom stereocenters. The van der Waals surface area contributed by atoms with Crippen LogP contribution in [0.5, 0.6) is 5.75 Å². The van der Waals surface area contributed by atoms with Crippen LogP contribution in [0.25, 0.3) is 10.8 Å². The number of anilines is 1. The number of rotatable bonds is 7. The summed E-state index contributed by atoms with van der Waals surface area (Å²) in [6, 6.07) is 14.0. The van der Waals surface area contributed by atoms with Gasteiger partial charge in [-0.1, -0.05) is 18.2 Å². The largest absolute Gasteiger partial charge is 0.497 e. The Morgan fingerprint density at radius 2 is 2.08 bits per heavy atom. The number of likely N-dealkylation sites (N-methyl/N-ethyl adjacent to an activating group) is 1. The Morgan fingerprint density at radius 3 is 2.65 bits per heavy atom. The first-order valence-corrected chi connectivity index (χ1v) is 8.99. The number of thiophene rings is 1. The second-order valence-corrected chi connectivity index (χ2v) is 6.87. The van der Waals surface area contributed by atoms with E-state index in [9.17, 15) is 5.26 Å². The van der Waals surface area contributed by atoms with E-state index in [4.69, 9.17) is 9.15 Å². The van der Waals surface area contributed by atoms with Crippen molar-refractivity contribution in [3.05, 3.63) is 53.0 Å². The van der Waals surface area contributed by atoms with Crippen LogP contribution in [0.2, 0.25) is 0 Å². The van der Waals surface area contributed by atoms with Crippen molar-refractivity contribution in [1.29, 1.82) is 5.26 Å². The highest BCUT2D eigenvalue weighted by molar-refractivity contribution is 7.13. The number of oxazole rings is 1. The molecule has 1 atom stereocenters. The summed E-state index contributed by atoms with van der Waals surface area (Å²) < 4.78 is 11.0. The van der Waals surface area contributed by atoms with Crippen LogP contribution in [0.3, 0.4) is 0 Å². The van der Waals surface area contributed by atoms with E-state index < -0.39 is 0 Å². The van der Waals surface area contributed by atoms with Gasteiger partial charge in [0, 0.05) is 6.54 Å². The van der Waals surface area contributed by atoms with Crippen LogP contribution in [-0.4, -0.2) is 37.6 Å². The molecule has 0 spiro atoms. The highest BCUT2D eigenvalue weighted by Crippen LogP contribution is 2.29. The van der Waals surface area contributed by atoms with Gasteiger partial charge in [-0.15, -0.1) is 11.3 Å². The Bertz CT molecular complexity index is 879. The Kier molecular flexibility index (Phi) is 5.56. The lowest BCUT2D eigenvalue weighted by Crippen LogP contribution is -2.26. The summed E-state index contributed by atoms with van der Waals surface area (Å²) in [5.74, 6) is 1.68. The molecular formula is C19H20N4O2S. The predicted molar refractivity (Wildman–Crippen MR) is 102 cm³/mol. The summed E-state index contributed by atoms with van der Waals surface area (Å²) in [6.45, 7) is 0.576. The fraction of sp³-hybridized carbons (Fsp3) is 0.263. The van der Waals surface area contributed by atoms with E-state index in [1.54, 1.807) is 7.11 Å². The highest BCUT2D eigenvalue weighted by atomic mass is 32.1. The van der Waals surface area contributed by atoms with Gasteiger partial charge in [-0.05, 0) is 43.2 Å². The fourth-order valence-corrected chi connectivity index (χ4v) is 3.28. The van der Waals surface area contributed by atoms with Gasteiger partial charge < -0.3 is 19.4 Å². The minimum Gasteiger partial charge on any atom is -0.497 e. The molecule has 0 amide bonds. The minimum atomic E-state index is 0.0998. The molecule has 2 aromatic heterocycles. The Hall–Kier alpha value is -2.82. The Balaban J connectivity index is 1.78. The Morgan fingerprint density at radius 1 is 1.31 bits per heavy atom. The van der Waals surface area contributed by atoms with Gasteiger partial charge in [0.2, 0.25) is 17.5 Å². The molecule has 7 heteroatoms. The van der Waals surface area contributed by atoms with Gasteiger partial charge in [-0.2, -0.15) is 10.2 Å². The molecule has 26 heavy (non-hydrogen) atoms. The number of nitrogens with one attached hydrogen (secondary N) is 1. The number of benzene rings is 1. The van der Waals surface area contributed by atoms with E-state index in [0.29, 0.717) is 18.3 Å². The molecule has 0 aliphatic carbocycles. The van der Waals surface area contributed by atoms with Crippen LogP contribution in [0, 0.1) is 11.3 Å². The SMILES string of the molecule is COc1ccc([C@H](CNc2oc(-c3cccs3)nc2C#N)N(C)C)cc1. The van der Waals surface area contributed by atoms with Gasteiger partial charge in [0.15, 0.2) is 0 Å². The molecule has 0 radical (unpaired) electrons. The standard InChI is InChI=1S/C19H20N4O2S/c1-23(2)16(13-6-8-14(24-3)9-7-13)12-21-18-15(11-20)22-19(25-18)17-5-4-10-26-17/h4-10,16,21H,12H2,1-3H3/t16-/m0/s1. The number of ether oxygens (including phenoxy) is 1. The molecule has 134 valence electrons. The summed E-state index contributed by atoms with van der Waals surface area (Å²) in [5, 5.41) is 14.5. The molecule has 2 heterocycles. The van der Waals surface area contributed by atoms with E-state index >= 15 is 0 Å². The number of nitrogens with zero attached hydrogens (tertiary/aromatic N) is 3. The number of hydrogen-bond donors (Lipinski definition) is 1. The van der Waals surface area contributed by atoms with Gasteiger partial charge >= 0.3 is 0 Å². The van der Waals surface area contributed by atoms with Gasteiger partial charge in [0.1, 0.15) is 11.8 Å². The van der Waals surface area contributed by atoms with E-state index in [1.165, 1.54) is 11.3 Å². The summed E-state index contributed by atoms with van der Waals surface area (Å²) in [6.07, 6.45) is 0.